The van der Waals surface area contributed by atoms with Crippen molar-refractivity contribution in [1.82, 2.24) is 15.0 Å². The molecule has 0 radical (unpaired) electrons. The summed E-state index contributed by atoms with van der Waals surface area (Å²) < 4.78 is 1.58. The lowest BCUT2D eigenvalue weighted by Gasteiger charge is -2.04. The Morgan fingerprint density at radius 3 is 2.88 bits per heavy atom. The van der Waals surface area contributed by atoms with E-state index in [0.717, 1.165) is 5.69 Å². The molecule has 0 saturated carbocycles. The van der Waals surface area contributed by atoms with E-state index in [4.69, 9.17) is 10.8 Å². The van der Waals surface area contributed by atoms with Gasteiger partial charge in [0.1, 0.15) is 0 Å². The second-order valence-corrected chi connectivity index (χ2v) is 3.59. The minimum Gasteiger partial charge on any atom is -0.478 e. The highest BCUT2D eigenvalue weighted by molar-refractivity contribution is 5.88. The van der Waals surface area contributed by atoms with Crippen molar-refractivity contribution < 1.29 is 9.90 Å². The van der Waals surface area contributed by atoms with Crippen LogP contribution >= 0.6 is 0 Å². The molecule has 0 aliphatic rings. The molecule has 0 saturated heterocycles. The van der Waals surface area contributed by atoms with Gasteiger partial charge in [-0.15, -0.1) is 5.10 Å². The van der Waals surface area contributed by atoms with E-state index in [1.54, 1.807) is 22.9 Å². The molecule has 0 spiro atoms. The lowest BCUT2D eigenvalue weighted by molar-refractivity contribution is 0.0697. The number of rotatable bonds is 3. The minimum absolute atomic E-state index is 0.215. The molecule has 3 N–H and O–H groups in total. The molecule has 0 aliphatic carbocycles. The first-order valence-corrected chi connectivity index (χ1v) is 5.08. The van der Waals surface area contributed by atoms with Crippen molar-refractivity contribution in [2.75, 3.05) is 0 Å². The van der Waals surface area contributed by atoms with Crippen molar-refractivity contribution in [1.29, 1.82) is 0 Å². The van der Waals surface area contributed by atoms with Crippen LogP contribution in [-0.4, -0.2) is 26.1 Å². The molecule has 0 atom stereocenters. The predicted molar refractivity (Wildman–Crippen MR) is 60.9 cm³/mol. The van der Waals surface area contributed by atoms with E-state index in [0.29, 0.717) is 17.9 Å². The van der Waals surface area contributed by atoms with Gasteiger partial charge < -0.3 is 10.8 Å². The average Bonchev–Trinajstić information content (AvgIpc) is 2.70. The van der Waals surface area contributed by atoms with E-state index < -0.39 is 5.97 Å². The maximum atomic E-state index is 10.9. The summed E-state index contributed by atoms with van der Waals surface area (Å²) in [5, 5.41) is 16.8. The van der Waals surface area contributed by atoms with Crippen LogP contribution in [0.25, 0.3) is 5.69 Å². The zero-order chi connectivity index (χ0) is 12.4. The Bertz CT molecular complexity index is 562. The fourth-order valence-corrected chi connectivity index (χ4v) is 1.56. The zero-order valence-electron chi connectivity index (χ0n) is 9.29. The van der Waals surface area contributed by atoms with Gasteiger partial charge in [0.15, 0.2) is 0 Å². The van der Waals surface area contributed by atoms with Crippen LogP contribution in [0.15, 0.2) is 24.3 Å². The summed E-state index contributed by atoms with van der Waals surface area (Å²) in [5.41, 5.74) is 7.90. The van der Waals surface area contributed by atoms with Gasteiger partial charge in [-0.1, -0.05) is 11.3 Å². The van der Waals surface area contributed by atoms with Crippen LogP contribution in [0, 0.1) is 6.92 Å². The molecule has 0 amide bonds. The van der Waals surface area contributed by atoms with Crippen LogP contribution in [0.5, 0.6) is 0 Å². The van der Waals surface area contributed by atoms with Crippen LogP contribution in [-0.2, 0) is 6.54 Å². The zero-order valence-corrected chi connectivity index (χ0v) is 9.29. The summed E-state index contributed by atoms with van der Waals surface area (Å²) >= 11 is 0. The van der Waals surface area contributed by atoms with Crippen molar-refractivity contribution >= 4 is 5.97 Å². The SMILES string of the molecule is Cc1c(CN)nnn1-c1cccc(C(=O)O)c1. The van der Waals surface area contributed by atoms with E-state index in [9.17, 15) is 4.79 Å². The summed E-state index contributed by atoms with van der Waals surface area (Å²) in [4.78, 5) is 10.9. The molecule has 0 unspecified atom stereocenters. The van der Waals surface area contributed by atoms with Crippen LogP contribution < -0.4 is 5.73 Å². The van der Waals surface area contributed by atoms with Crippen molar-refractivity contribution in [2.45, 2.75) is 13.5 Å². The van der Waals surface area contributed by atoms with E-state index in [1.807, 2.05) is 6.92 Å². The number of nitrogens with two attached hydrogens (primary N) is 1. The number of carboxylic acids is 1. The van der Waals surface area contributed by atoms with E-state index in [1.165, 1.54) is 6.07 Å². The second-order valence-electron chi connectivity index (χ2n) is 3.59. The van der Waals surface area contributed by atoms with Crippen molar-refractivity contribution in [2.24, 2.45) is 5.73 Å². The van der Waals surface area contributed by atoms with Crippen LogP contribution in [0.4, 0.5) is 0 Å². The third-order valence-electron chi connectivity index (χ3n) is 2.52. The van der Waals surface area contributed by atoms with Gasteiger partial charge in [-0.2, -0.15) is 0 Å². The number of aromatic nitrogens is 3. The number of benzene rings is 1. The molecule has 1 heterocycles. The molecule has 6 nitrogen and oxygen atoms in total. The van der Waals surface area contributed by atoms with Gasteiger partial charge in [-0.3, -0.25) is 0 Å². The number of aromatic carboxylic acids is 1. The quantitative estimate of drug-likeness (QED) is 0.813. The third-order valence-corrected chi connectivity index (χ3v) is 2.52. The van der Waals surface area contributed by atoms with Crippen molar-refractivity contribution in [3.05, 3.63) is 41.2 Å². The van der Waals surface area contributed by atoms with Gasteiger partial charge in [-0.05, 0) is 25.1 Å². The number of carboxylic acid groups (broad SMARTS) is 1. The highest BCUT2D eigenvalue weighted by atomic mass is 16.4. The number of carbonyl (C=O) groups is 1. The first-order valence-electron chi connectivity index (χ1n) is 5.08. The average molecular weight is 232 g/mol. The molecule has 17 heavy (non-hydrogen) atoms. The van der Waals surface area contributed by atoms with Crippen LogP contribution in [0.3, 0.4) is 0 Å². The predicted octanol–water partition coefficient (Wildman–Crippen LogP) is 0.733. The molecule has 1 aromatic carbocycles. The van der Waals surface area contributed by atoms with Crippen molar-refractivity contribution in [3.8, 4) is 5.69 Å². The monoisotopic (exact) mass is 232 g/mol. The van der Waals surface area contributed by atoms with Gasteiger partial charge in [0.2, 0.25) is 0 Å². The minimum atomic E-state index is -0.969. The molecule has 6 heteroatoms. The molecule has 2 aromatic rings. The first-order chi connectivity index (χ1) is 8.13. The topological polar surface area (TPSA) is 94.0 Å². The molecular formula is C11H12N4O2. The second kappa shape index (κ2) is 4.34. The highest BCUT2D eigenvalue weighted by Crippen LogP contribution is 2.13. The van der Waals surface area contributed by atoms with Gasteiger partial charge in [-0.25, -0.2) is 9.48 Å². The van der Waals surface area contributed by atoms with Gasteiger partial charge in [0, 0.05) is 6.54 Å². The summed E-state index contributed by atoms with van der Waals surface area (Å²) in [6.45, 7) is 2.15. The first kappa shape index (κ1) is 11.3. The maximum absolute atomic E-state index is 10.9. The molecule has 1 aromatic heterocycles. The van der Waals surface area contributed by atoms with E-state index in [-0.39, 0.29) is 5.56 Å². The van der Waals surface area contributed by atoms with Crippen LogP contribution in [0.1, 0.15) is 21.7 Å². The number of nitrogens with zero attached hydrogens (tertiary/aromatic N) is 3. The van der Waals surface area contributed by atoms with E-state index >= 15 is 0 Å². The Kier molecular flexibility index (Phi) is 2.88. The van der Waals surface area contributed by atoms with Gasteiger partial charge >= 0.3 is 5.97 Å². The maximum Gasteiger partial charge on any atom is 0.335 e. The lowest BCUT2D eigenvalue weighted by Crippen LogP contribution is -2.04. The summed E-state index contributed by atoms with van der Waals surface area (Å²) in [7, 11) is 0. The Hall–Kier alpha value is -2.21. The normalized spacial score (nSPS) is 10.5. The summed E-state index contributed by atoms with van der Waals surface area (Å²) in [6.07, 6.45) is 0. The fraction of sp³-hybridized carbons (Fsp3) is 0.182. The van der Waals surface area contributed by atoms with Gasteiger partial charge in [0.05, 0.1) is 22.6 Å². The summed E-state index contributed by atoms with van der Waals surface area (Å²) in [5.74, 6) is -0.969. The standard InChI is InChI=1S/C11H12N4O2/c1-7-10(6-12)13-14-15(7)9-4-2-3-8(5-9)11(16)17/h2-5H,6,12H2,1H3,(H,16,17). The Labute approximate surface area is 97.7 Å². The molecule has 88 valence electrons. The molecule has 0 aliphatic heterocycles. The van der Waals surface area contributed by atoms with Crippen LogP contribution in [0.2, 0.25) is 0 Å². The summed E-state index contributed by atoms with van der Waals surface area (Å²) in [6, 6.07) is 6.52. The third kappa shape index (κ3) is 2.02. The van der Waals surface area contributed by atoms with Crippen molar-refractivity contribution in [3.63, 3.8) is 0 Å². The number of hydrogen-bond donors (Lipinski definition) is 2. The molecule has 2 rings (SSSR count). The molecule has 0 fully saturated rings. The molecule has 0 bridgehead atoms. The molecular weight excluding hydrogens is 220 g/mol. The largest absolute Gasteiger partial charge is 0.478 e. The Balaban J connectivity index is 2.49. The Morgan fingerprint density at radius 1 is 1.53 bits per heavy atom. The lowest BCUT2D eigenvalue weighted by atomic mass is 10.2. The van der Waals surface area contributed by atoms with E-state index in [2.05, 4.69) is 10.3 Å². The highest BCUT2D eigenvalue weighted by Gasteiger charge is 2.10. The smallest absolute Gasteiger partial charge is 0.335 e. The number of hydrogen-bond acceptors (Lipinski definition) is 4. The van der Waals surface area contributed by atoms with Gasteiger partial charge in [0.25, 0.3) is 0 Å². The Morgan fingerprint density at radius 2 is 2.29 bits per heavy atom. The fourth-order valence-electron chi connectivity index (χ4n) is 1.56.